The van der Waals surface area contributed by atoms with Gasteiger partial charge in [0.15, 0.2) is 0 Å². The van der Waals surface area contributed by atoms with Gasteiger partial charge in [-0.25, -0.2) is 0 Å². The van der Waals surface area contributed by atoms with Crippen molar-refractivity contribution in [3.05, 3.63) is 0 Å². The molecule has 0 bridgehead atoms. The Hall–Kier alpha value is -1.14. The van der Waals surface area contributed by atoms with Gasteiger partial charge in [0.1, 0.15) is 6.61 Å². The zero-order valence-electron chi connectivity index (χ0n) is 10.4. The van der Waals surface area contributed by atoms with Crippen molar-refractivity contribution in [1.29, 1.82) is 0 Å². The van der Waals surface area contributed by atoms with Crippen LogP contribution < -0.4 is 5.73 Å². The fourth-order valence-electron chi connectivity index (χ4n) is 1.77. The van der Waals surface area contributed by atoms with Crippen molar-refractivity contribution in [3.8, 4) is 0 Å². The first-order chi connectivity index (χ1) is 7.99. The second kappa shape index (κ2) is 5.97. The van der Waals surface area contributed by atoms with Crippen LogP contribution in [-0.4, -0.2) is 56.7 Å². The molecule has 0 saturated carbocycles. The number of amides is 2. The van der Waals surface area contributed by atoms with Gasteiger partial charge in [-0.15, -0.1) is 0 Å². The van der Waals surface area contributed by atoms with Gasteiger partial charge < -0.3 is 20.1 Å². The maximum Gasteiger partial charge on any atom is 0.248 e. The Kier molecular flexibility index (Phi) is 4.89. The zero-order valence-corrected chi connectivity index (χ0v) is 10.4. The van der Waals surface area contributed by atoms with Crippen LogP contribution in [0.25, 0.3) is 0 Å². The predicted molar refractivity (Wildman–Crippen MR) is 61.2 cm³/mol. The lowest BCUT2D eigenvalue weighted by atomic mass is 9.89. The molecule has 1 aliphatic heterocycles. The van der Waals surface area contributed by atoms with E-state index in [0.29, 0.717) is 32.7 Å². The number of nitrogens with two attached hydrogens (primary N) is 1. The third kappa shape index (κ3) is 3.67. The summed E-state index contributed by atoms with van der Waals surface area (Å²) in [5, 5.41) is 0. The number of hydrogen-bond donors (Lipinski definition) is 1. The van der Waals surface area contributed by atoms with Gasteiger partial charge in [-0.2, -0.15) is 0 Å². The summed E-state index contributed by atoms with van der Waals surface area (Å²) in [6.07, 6.45) is 0.617. The van der Waals surface area contributed by atoms with Crippen LogP contribution in [0.4, 0.5) is 0 Å². The lowest BCUT2D eigenvalue weighted by molar-refractivity contribution is -0.136. The Morgan fingerprint density at radius 1 is 1.41 bits per heavy atom. The summed E-state index contributed by atoms with van der Waals surface area (Å²) in [5.74, 6) is -0.459. The first-order valence-corrected chi connectivity index (χ1v) is 5.64. The summed E-state index contributed by atoms with van der Waals surface area (Å²) in [5.41, 5.74) is 4.71. The van der Waals surface area contributed by atoms with Gasteiger partial charge in [0.05, 0.1) is 18.6 Å². The van der Waals surface area contributed by atoms with Gasteiger partial charge in [0.25, 0.3) is 0 Å². The molecule has 1 fully saturated rings. The van der Waals surface area contributed by atoms with E-state index in [-0.39, 0.29) is 18.4 Å². The molecule has 0 aromatic carbocycles. The molecule has 1 heterocycles. The molecule has 0 radical (unpaired) electrons. The molecule has 0 aliphatic carbocycles. The number of primary amides is 1. The fourth-order valence-corrected chi connectivity index (χ4v) is 1.77. The Labute approximate surface area is 101 Å². The van der Waals surface area contributed by atoms with Crippen molar-refractivity contribution in [1.82, 2.24) is 4.90 Å². The third-order valence-electron chi connectivity index (χ3n) is 3.08. The van der Waals surface area contributed by atoms with Gasteiger partial charge in [-0.3, -0.25) is 9.59 Å². The van der Waals surface area contributed by atoms with Gasteiger partial charge in [0.2, 0.25) is 11.8 Å². The zero-order chi connectivity index (χ0) is 12.9. The number of likely N-dealkylation sites (tertiary alicyclic amines) is 1. The van der Waals surface area contributed by atoms with Crippen LogP contribution in [0, 0.1) is 5.41 Å². The molecule has 6 nitrogen and oxygen atoms in total. The van der Waals surface area contributed by atoms with Crippen LogP contribution in [0.15, 0.2) is 0 Å². The smallest absolute Gasteiger partial charge is 0.248 e. The lowest BCUT2D eigenvalue weighted by Gasteiger charge is -2.21. The molecule has 6 heteroatoms. The molecule has 2 N–H and O–H groups in total. The molecule has 0 aromatic heterocycles. The van der Waals surface area contributed by atoms with Crippen molar-refractivity contribution < 1.29 is 19.1 Å². The van der Waals surface area contributed by atoms with Crippen molar-refractivity contribution in [2.45, 2.75) is 13.3 Å². The summed E-state index contributed by atoms with van der Waals surface area (Å²) in [6, 6.07) is 0. The van der Waals surface area contributed by atoms with Crippen molar-refractivity contribution in [2.24, 2.45) is 11.1 Å². The van der Waals surface area contributed by atoms with Crippen molar-refractivity contribution in [3.63, 3.8) is 0 Å². The van der Waals surface area contributed by atoms with E-state index in [0.717, 1.165) is 0 Å². The normalized spacial score (nSPS) is 24.0. The van der Waals surface area contributed by atoms with Crippen LogP contribution in [0.5, 0.6) is 0 Å². The molecule has 1 atom stereocenters. The first kappa shape index (κ1) is 13.9. The first-order valence-electron chi connectivity index (χ1n) is 5.64. The second-order valence-electron chi connectivity index (χ2n) is 4.54. The third-order valence-corrected chi connectivity index (χ3v) is 3.08. The number of carbonyl (C=O) groups excluding carboxylic acids is 2. The molecular weight excluding hydrogens is 224 g/mol. The average molecular weight is 244 g/mol. The quantitative estimate of drug-likeness (QED) is 0.631. The van der Waals surface area contributed by atoms with E-state index in [9.17, 15) is 9.59 Å². The van der Waals surface area contributed by atoms with Gasteiger partial charge >= 0.3 is 0 Å². The fraction of sp³-hybridized carbons (Fsp3) is 0.818. The highest BCUT2D eigenvalue weighted by Gasteiger charge is 2.40. The summed E-state index contributed by atoms with van der Waals surface area (Å²) < 4.78 is 9.95. The SMILES string of the molecule is COCCOCC(=O)N1CCC(C)(C(N)=O)C1. The maximum absolute atomic E-state index is 11.7. The Morgan fingerprint density at radius 2 is 2.12 bits per heavy atom. The maximum atomic E-state index is 11.7. The number of hydrogen-bond acceptors (Lipinski definition) is 4. The number of rotatable bonds is 6. The number of methoxy groups -OCH3 is 1. The minimum absolute atomic E-state index is 0.0260. The summed E-state index contributed by atoms with van der Waals surface area (Å²) >= 11 is 0. The minimum atomic E-state index is -0.595. The molecule has 1 unspecified atom stereocenters. The largest absolute Gasteiger partial charge is 0.382 e. The van der Waals surface area contributed by atoms with Crippen LogP contribution >= 0.6 is 0 Å². The predicted octanol–water partition coefficient (Wildman–Crippen LogP) is -0.627. The highest BCUT2D eigenvalue weighted by molar-refractivity contribution is 5.84. The molecule has 1 rings (SSSR count). The lowest BCUT2D eigenvalue weighted by Crippen LogP contribution is -2.39. The van der Waals surface area contributed by atoms with E-state index >= 15 is 0 Å². The molecule has 1 aliphatic rings. The molecule has 0 spiro atoms. The number of carbonyl (C=O) groups is 2. The summed E-state index contributed by atoms with van der Waals surface area (Å²) in [7, 11) is 1.57. The van der Waals surface area contributed by atoms with Gasteiger partial charge in [0, 0.05) is 20.2 Å². The molecule has 17 heavy (non-hydrogen) atoms. The highest BCUT2D eigenvalue weighted by Crippen LogP contribution is 2.29. The molecule has 2 amide bonds. The molecule has 98 valence electrons. The van der Waals surface area contributed by atoms with Gasteiger partial charge in [-0.05, 0) is 13.3 Å². The summed E-state index contributed by atoms with van der Waals surface area (Å²) in [6.45, 7) is 3.61. The average Bonchev–Trinajstić information content (AvgIpc) is 2.69. The van der Waals surface area contributed by atoms with Crippen LogP contribution in [0.2, 0.25) is 0 Å². The van der Waals surface area contributed by atoms with Crippen LogP contribution in [0.3, 0.4) is 0 Å². The van der Waals surface area contributed by atoms with Crippen LogP contribution in [0.1, 0.15) is 13.3 Å². The van der Waals surface area contributed by atoms with E-state index in [1.807, 2.05) is 0 Å². The van der Waals surface area contributed by atoms with E-state index in [1.165, 1.54) is 0 Å². The minimum Gasteiger partial charge on any atom is -0.382 e. The topological polar surface area (TPSA) is 81.9 Å². The highest BCUT2D eigenvalue weighted by atomic mass is 16.5. The number of ether oxygens (including phenoxy) is 2. The Balaban J connectivity index is 2.33. The Morgan fingerprint density at radius 3 is 2.65 bits per heavy atom. The molecule has 1 saturated heterocycles. The van der Waals surface area contributed by atoms with Crippen molar-refractivity contribution >= 4 is 11.8 Å². The Bertz CT molecular complexity index is 295. The van der Waals surface area contributed by atoms with Crippen LogP contribution in [-0.2, 0) is 19.1 Å². The molecular formula is C11H20N2O4. The van der Waals surface area contributed by atoms with E-state index in [1.54, 1.807) is 18.9 Å². The van der Waals surface area contributed by atoms with E-state index < -0.39 is 5.41 Å². The second-order valence-corrected chi connectivity index (χ2v) is 4.54. The van der Waals surface area contributed by atoms with E-state index in [2.05, 4.69) is 0 Å². The summed E-state index contributed by atoms with van der Waals surface area (Å²) in [4.78, 5) is 24.6. The van der Waals surface area contributed by atoms with Crippen molar-refractivity contribution in [2.75, 3.05) is 40.0 Å². The monoisotopic (exact) mass is 244 g/mol. The van der Waals surface area contributed by atoms with E-state index in [4.69, 9.17) is 15.2 Å². The van der Waals surface area contributed by atoms with Gasteiger partial charge in [-0.1, -0.05) is 0 Å². The molecule has 0 aromatic rings. The number of nitrogens with zero attached hydrogens (tertiary/aromatic N) is 1. The standard InChI is InChI=1S/C11H20N2O4/c1-11(10(12)15)3-4-13(8-11)9(14)7-17-6-5-16-2/h3-8H2,1-2H3,(H2,12,15).